The van der Waals surface area contributed by atoms with Crippen molar-refractivity contribution in [2.24, 2.45) is 0 Å². The molecule has 10 heteroatoms. The van der Waals surface area contributed by atoms with Gasteiger partial charge in [-0.3, -0.25) is 9.78 Å². The number of rotatable bonds is 8. The van der Waals surface area contributed by atoms with Crippen LogP contribution in [0.25, 0.3) is 10.9 Å². The van der Waals surface area contributed by atoms with Gasteiger partial charge in [0.2, 0.25) is 5.88 Å². The van der Waals surface area contributed by atoms with E-state index in [1.54, 1.807) is 18.2 Å². The van der Waals surface area contributed by atoms with Gasteiger partial charge >= 0.3 is 6.18 Å². The second kappa shape index (κ2) is 10.5. The van der Waals surface area contributed by atoms with Crippen LogP contribution in [0.3, 0.4) is 0 Å². The van der Waals surface area contributed by atoms with Crippen molar-refractivity contribution >= 4 is 34.0 Å². The van der Waals surface area contributed by atoms with E-state index in [-0.39, 0.29) is 18.6 Å². The average molecular weight is 515 g/mol. The molecule has 2 aromatic heterocycles. The van der Waals surface area contributed by atoms with Gasteiger partial charge in [0.25, 0.3) is 0 Å². The number of pyridine rings is 1. The highest BCUT2D eigenvalue weighted by molar-refractivity contribution is 6.32. The van der Waals surface area contributed by atoms with E-state index in [4.69, 9.17) is 16.3 Å². The number of anilines is 1. The minimum absolute atomic E-state index is 0.0712. The quantitative estimate of drug-likeness (QED) is 0.275. The third kappa shape index (κ3) is 6.09. The summed E-state index contributed by atoms with van der Waals surface area (Å²) >= 11 is 6.42. The first-order valence-corrected chi connectivity index (χ1v) is 11.4. The van der Waals surface area contributed by atoms with Crippen LogP contribution in [0.5, 0.6) is 11.6 Å². The molecule has 0 aliphatic carbocycles. The molecule has 0 aliphatic rings. The van der Waals surface area contributed by atoms with Gasteiger partial charge in [0.15, 0.2) is 0 Å². The highest BCUT2D eigenvalue weighted by atomic mass is 35.5. The Balaban J connectivity index is 1.39. The number of aromatic nitrogens is 3. The molecule has 0 amide bonds. The van der Waals surface area contributed by atoms with Crippen LogP contribution >= 0.6 is 11.6 Å². The first kappa shape index (κ1) is 25.4. The normalized spacial score (nSPS) is 11.5. The number of carbonyl (C=O) groups is 1. The van der Waals surface area contributed by atoms with Crippen LogP contribution in [-0.4, -0.2) is 34.8 Å². The predicted molar refractivity (Wildman–Crippen MR) is 132 cm³/mol. The van der Waals surface area contributed by atoms with Crippen molar-refractivity contribution in [2.75, 3.05) is 19.0 Å². The van der Waals surface area contributed by atoms with Crippen molar-refractivity contribution in [2.45, 2.75) is 25.4 Å². The Morgan fingerprint density at radius 2 is 1.78 bits per heavy atom. The molecule has 0 fully saturated rings. The Kier molecular flexibility index (Phi) is 7.40. The lowest BCUT2D eigenvalue weighted by atomic mass is 10.0. The summed E-state index contributed by atoms with van der Waals surface area (Å²) in [5.41, 5.74) is 2.03. The Bertz CT molecular complexity index is 1390. The third-order valence-corrected chi connectivity index (χ3v) is 5.81. The van der Waals surface area contributed by atoms with Crippen LogP contribution in [0.15, 0.2) is 61.1 Å². The fourth-order valence-corrected chi connectivity index (χ4v) is 3.80. The van der Waals surface area contributed by atoms with E-state index < -0.39 is 11.9 Å². The lowest BCUT2D eigenvalue weighted by molar-refractivity contribution is -0.141. The van der Waals surface area contributed by atoms with Gasteiger partial charge in [0, 0.05) is 38.8 Å². The zero-order chi connectivity index (χ0) is 25.9. The van der Waals surface area contributed by atoms with Crippen LogP contribution < -0.4 is 9.64 Å². The smallest absolute Gasteiger partial charge is 0.433 e. The van der Waals surface area contributed by atoms with Gasteiger partial charge in [0.05, 0.1) is 15.9 Å². The topological polar surface area (TPSA) is 68.2 Å². The van der Waals surface area contributed by atoms with E-state index in [9.17, 15) is 18.0 Å². The number of hydrogen-bond acceptors (Lipinski definition) is 6. The maximum atomic E-state index is 12.6. The molecule has 0 unspecified atom stereocenters. The molecular weight excluding hydrogens is 493 g/mol. The number of benzene rings is 2. The number of halogens is 4. The highest BCUT2D eigenvalue weighted by Crippen LogP contribution is 2.33. The highest BCUT2D eigenvalue weighted by Gasteiger charge is 2.32. The number of carbonyl (C=O) groups excluding carboxylic acids is 1. The first-order valence-electron chi connectivity index (χ1n) is 11.0. The van der Waals surface area contributed by atoms with Crippen LogP contribution in [0.1, 0.15) is 23.2 Å². The zero-order valence-electron chi connectivity index (χ0n) is 19.5. The molecule has 186 valence electrons. The van der Waals surface area contributed by atoms with Gasteiger partial charge in [-0.05, 0) is 53.9 Å². The van der Waals surface area contributed by atoms with E-state index in [2.05, 4.69) is 15.0 Å². The lowest BCUT2D eigenvalue weighted by Gasteiger charge is -2.14. The molecule has 36 heavy (non-hydrogen) atoms. The molecule has 0 saturated heterocycles. The Morgan fingerprint density at radius 1 is 1.00 bits per heavy atom. The minimum atomic E-state index is -4.49. The third-order valence-electron chi connectivity index (χ3n) is 5.51. The molecular formula is C26H22ClF3N4O2. The van der Waals surface area contributed by atoms with Crippen molar-refractivity contribution in [3.8, 4) is 11.6 Å². The molecule has 0 radical (unpaired) electrons. The van der Waals surface area contributed by atoms with E-state index >= 15 is 0 Å². The van der Waals surface area contributed by atoms with Crippen molar-refractivity contribution < 1.29 is 22.7 Å². The van der Waals surface area contributed by atoms with Crippen molar-refractivity contribution in [3.05, 3.63) is 82.9 Å². The molecule has 0 bridgehead atoms. The number of nitrogens with zero attached hydrogens (tertiary/aromatic N) is 4. The summed E-state index contributed by atoms with van der Waals surface area (Å²) in [6.45, 7) is 0. The molecule has 0 aliphatic heterocycles. The summed E-state index contributed by atoms with van der Waals surface area (Å²) in [7, 11) is 3.88. The fraction of sp³-hybridized carbons (Fsp3) is 0.231. The summed E-state index contributed by atoms with van der Waals surface area (Å²) in [6, 6.07) is 13.1. The maximum Gasteiger partial charge on any atom is 0.433 e. The molecule has 0 atom stereocenters. The van der Waals surface area contributed by atoms with Crippen molar-refractivity contribution in [1.82, 2.24) is 15.0 Å². The summed E-state index contributed by atoms with van der Waals surface area (Å²) in [5, 5.41) is 1.06. The number of aryl methyl sites for hydroxylation is 1. The van der Waals surface area contributed by atoms with Crippen LogP contribution in [0, 0.1) is 0 Å². The zero-order valence-corrected chi connectivity index (χ0v) is 20.3. The molecule has 4 rings (SSSR count). The minimum Gasteiger partial charge on any atom is -0.437 e. The first-order chi connectivity index (χ1) is 17.1. The predicted octanol–water partition coefficient (Wildman–Crippen LogP) is 6.30. The lowest BCUT2D eigenvalue weighted by Crippen LogP contribution is -2.08. The summed E-state index contributed by atoms with van der Waals surface area (Å²) in [4.78, 5) is 26.4. The van der Waals surface area contributed by atoms with Crippen LogP contribution in [0.4, 0.5) is 18.9 Å². The molecule has 2 heterocycles. The van der Waals surface area contributed by atoms with Gasteiger partial charge in [-0.25, -0.2) is 9.97 Å². The van der Waals surface area contributed by atoms with Gasteiger partial charge < -0.3 is 9.64 Å². The molecule has 0 N–H and O–H groups in total. The largest absolute Gasteiger partial charge is 0.437 e. The SMILES string of the molecule is CN(C)c1ccc2c(Oc3ccc(CC(=O)CCc4ccc(C(F)(F)F)nc4)cc3Cl)ncnc2c1. The number of hydrogen-bond donors (Lipinski definition) is 0. The monoisotopic (exact) mass is 514 g/mol. The number of alkyl halides is 3. The van der Waals surface area contributed by atoms with E-state index in [1.807, 2.05) is 37.2 Å². The fourth-order valence-electron chi connectivity index (χ4n) is 3.56. The van der Waals surface area contributed by atoms with Gasteiger partial charge in [-0.2, -0.15) is 13.2 Å². The van der Waals surface area contributed by atoms with Gasteiger partial charge in [0.1, 0.15) is 23.6 Å². The molecule has 6 nitrogen and oxygen atoms in total. The number of ether oxygens (including phenoxy) is 1. The standard InChI is InChI=1S/C26H22ClF3N4O2/c1-34(2)18-6-8-20-22(13-18)32-15-33-25(20)36-23-9-4-17(12-21(23)27)11-19(35)7-3-16-5-10-24(31-14-16)26(28,29)30/h4-6,8-10,12-15H,3,7,11H2,1-2H3. The number of fused-ring (bicyclic) bond motifs is 1. The van der Waals surface area contributed by atoms with Gasteiger partial charge in [-0.1, -0.05) is 23.7 Å². The summed E-state index contributed by atoms with van der Waals surface area (Å²) in [6.07, 6.45) is -1.31. The van der Waals surface area contributed by atoms with Crippen LogP contribution in [0.2, 0.25) is 5.02 Å². The van der Waals surface area contributed by atoms with Crippen molar-refractivity contribution in [3.63, 3.8) is 0 Å². The molecule has 0 spiro atoms. The second-order valence-electron chi connectivity index (χ2n) is 8.41. The number of ketones is 1. The average Bonchev–Trinajstić information content (AvgIpc) is 2.84. The summed E-state index contributed by atoms with van der Waals surface area (Å²) < 4.78 is 43.8. The Labute approximate surface area is 210 Å². The molecule has 2 aromatic carbocycles. The maximum absolute atomic E-state index is 12.6. The summed E-state index contributed by atoms with van der Waals surface area (Å²) in [5.74, 6) is 0.680. The van der Waals surface area contributed by atoms with Crippen LogP contribution in [-0.2, 0) is 23.8 Å². The van der Waals surface area contributed by atoms with Crippen molar-refractivity contribution in [1.29, 1.82) is 0 Å². The van der Waals surface area contributed by atoms with Gasteiger partial charge in [-0.15, -0.1) is 0 Å². The van der Waals surface area contributed by atoms with E-state index in [0.29, 0.717) is 34.2 Å². The van der Waals surface area contributed by atoms with E-state index in [0.717, 1.165) is 28.9 Å². The Hall–Kier alpha value is -3.72. The Morgan fingerprint density at radius 3 is 2.44 bits per heavy atom. The second-order valence-corrected chi connectivity index (χ2v) is 8.81. The molecule has 0 saturated carbocycles. The molecule has 4 aromatic rings. The number of Topliss-reactive ketones (excluding diaryl/α,β-unsaturated/α-hetero) is 1. The van der Waals surface area contributed by atoms with E-state index in [1.165, 1.54) is 12.4 Å².